The standard InChI is InChI=1S/C20H25N3O2/c1-14-11-23(12-15(2)25-14)20-18(13-24)9-17(10-21-20)16-5-7-19(8-6-16)22(3)4/h5-10,13-15H,11-12H2,1-4H3. The van der Waals surface area contributed by atoms with Crippen LogP contribution in [0.2, 0.25) is 0 Å². The molecule has 132 valence electrons. The topological polar surface area (TPSA) is 45.7 Å². The van der Waals surface area contributed by atoms with E-state index in [-0.39, 0.29) is 12.2 Å². The van der Waals surface area contributed by atoms with E-state index >= 15 is 0 Å². The largest absolute Gasteiger partial charge is 0.378 e. The van der Waals surface area contributed by atoms with Crippen molar-refractivity contribution in [3.8, 4) is 11.1 Å². The van der Waals surface area contributed by atoms with Crippen molar-refractivity contribution in [2.45, 2.75) is 26.1 Å². The monoisotopic (exact) mass is 339 g/mol. The molecule has 1 aliphatic heterocycles. The number of morpholine rings is 1. The molecule has 25 heavy (non-hydrogen) atoms. The van der Waals surface area contributed by atoms with E-state index in [2.05, 4.69) is 39.0 Å². The summed E-state index contributed by atoms with van der Waals surface area (Å²) in [6.07, 6.45) is 2.99. The molecular formula is C20H25N3O2. The van der Waals surface area contributed by atoms with E-state index in [0.29, 0.717) is 5.56 Å². The van der Waals surface area contributed by atoms with Crippen LogP contribution in [0.3, 0.4) is 0 Å². The molecule has 0 bridgehead atoms. The molecule has 1 fully saturated rings. The second-order valence-electron chi connectivity index (χ2n) is 6.86. The number of pyridine rings is 1. The van der Waals surface area contributed by atoms with Crippen LogP contribution in [0.15, 0.2) is 36.5 Å². The molecule has 5 nitrogen and oxygen atoms in total. The SMILES string of the molecule is CC1CN(c2ncc(-c3ccc(N(C)C)cc3)cc2C=O)CC(C)O1. The highest BCUT2D eigenvalue weighted by molar-refractivity contribution is 5.85. The summed E-state index contributed by atoms with van der Waals surface area (Å²) < 4.78 is 5.77. The van der Waals surface area contributed by atoms with Gasteiger partial charge in [0.15, 0.2) is 6.29 Å². The number of nitrogens with zero attached hydrogens (tertiary/aromatic N) is 3. The molecule has 0 radical (unpaired) electrons. The van der Waals surface area contributed by atoms with E-state index in [1.54, 1.807) is 0 Å². The Balaban J connectivity index is 1.90. The van der Waals surface area contributed by atoms with E-state index in [0.717, 1.165) is 42.0 Å². The van der Waals surface area contributed by atoms with Gasteiger partial charge in [0.25, 0.3) is 0 Å². The fourth-order valence-corrected chi connectivity index (χ4v) is 3.29. The van der Waals surface area contributed by atoms with Crippen molar-refractivity contribution in [3.05, 3.63) is 42.1 Å². The smallest absolute Gasteiger partial charge is 0.153 e. The highest BCUT2D eigenvalue weighted by atomic mass is 16.5. The molecule has 5 heteroatoms. The van der Waals surface area contributed by atoms with Gasteiger partial charge < -0.3 is 14.5 Å². The zero-order chi connectivity index (χ0) is 18.0. The van der Waals surface area contributed by atoms with Gasteiger partial charge in [0.1, 0.15) is 5.82 Å². The lowest BCUT2D eigenvalue weighted by Gasteiger charge is -2.36. The number of rotatable bonds is 4. The summed E-state index contributed by atoms with van der Waals surface area (Å²) in [7, 11) is 4.03. The van der Waals surface area contributed by atoms with E-state index in [4.69, 9.17) is 4.74 Å². The lowest BCUT2D eigenvalue weighted by molar-refractivity contribution is -0.00549. The summed E-state index contributed by atoms with van der Waals surface area (Å²) in [5.41, 5.74) is 3.76. The van der Waals surface area contributed by atoms with Crippen LogP contribution in [0.5, 0.6) is 0 Å². The number of aldehydes is 1. The van der Waals surface area contributed by atoms with Gasteiger partial charge in [0, 0.05) is 44.6 Å². The van der Waals surface area contributed by atoms with Gasteiger partial charge in [-0.2, -0.15) is 0 Å². The predicted molar refractivity (Wildman–Crippen MR) is 102 cm³/mol. The van der Waals surface area contributed by atoms with Crippen LogP contribution in [0.4, 0.5) is 11.5 Å². The number of hydrogen-bond acceptors (Lipinski definition) is 5. The van der Waals surface area contributed by atoms with Crippen molar-refractivity contribution in [3.63, 3.8) is 0 Å². The van der Waals surface area contributed by atoms with E-state index in [9.17, 15) is 4.79 Å². The maximum absolute atomic E-state index is 11.7. The summed E-state index contributed by atoms with van der Waals surface area (Å²) in [5, 5.41) is 0. The first kappa shape index (κ1) is 17.4. The molecule has 0 aliphatic carbocycles. The van der Waals surface area contributed by atoms with Crippen molar-refractivity contribution in [2.24, 2.45) is 0 Å². The van der Waals surface area contributed by atoms with Gasteiger partial charge in [-0.05, 0) is 37.6 Å². The van der Waals surface area contributed by atoms with Crippen molar-refractivity contribution in [1.82, 2.24) is 4.98 Å². The zero-order valence-corrected chi connectivity index (χ0v) is 15.3. The number of carbonyl (C=O) groups is 1. The molecule has 1 aromatic heterocycles. The number of aromatic nitrogens is 1. The van der Waals surface area contributed by atoms with Crippen LogP contribution in [-0.4, -0.2) is 50.7 Å². The normalized spacial score (nSPS) is 20.4. The minimum Gasteiger partial charge on any atom is -0.378 e. The Morgan fingerprint density at radius 1 is 1.12 bits per heavy atom. The molecule has 0 amide bonds. The zero-order valence-electron chi connectivity index (χ0n) is 15.3. The van der Waals surface area contributed by atoms with Crippen LogP contribution < -0.4 is 9.80 Å². The van der Waals surface area contributed by atoms with E-state index in [1.807, 2.05) is 40.2 Å². The molecule has 1 aliphatic rings. The molecule has 1 aromatic carbocycles. The minimum atomic E-state index is 0.128. The van der Waals surface area contributed by atoms with Gasteiger partial charge in [-0.1, -0.05) is 12.1 Å². The van der Waals surface area contributed by atoms with Gasteiger partial charge in [-0.25, -0.2) is 4.98 Å². The summed E-state index contributed by atoms with van der Waals surface area (Å²) in [6, 6.07) is 10.2. The maximum Gasteiger partial charge on any atom is 0.153 e. The minimum absolute atomic E-state index is 0.128. The fourth-order valence-electron chi connectivity index (χ4n) is 3.29. The molecular weight excluding hydrogens is 314 g/mol. The number of anilines is 2. The third-order valence-corrected chi connectivity index (χ3v) is 4.46. The molecule has 3 rings (SSSR count). The molecule has 2 aromatic rings. The molecule has 2 heterocycles. The Bertz CT molecular complexity index is 733. The number of hydrogen-bond donors (Lipinski definition) is 0. The molecule has 0 saturated carbocycles. The first-order valence-corrected chi connectivity index (χ1v) is 8.61. The first-order chi connectivity index (χ1) is 12.0. The number of ether oxygens (including phenoxy) is 1. The summed E-state index contributed by atoms with van der Waals surface area (Å²) in [4.78, 5) is 20.5. The van der Waals surface area contributed by atoms with Gasteiger partial charge >= 0.3 is 0 Å². The third kappa shape index (κ3) is 3.82. The van der Waals surface area contributed by atoms with Crippen LogP contribution >= 0.6 is 0 Å². The Labute approximate surface area is 149 Å². The predicted octanol–water partition coefficient (Wildman–Crippen LogP) is 3.24. The lowest BCUT2D eigenvalue weighted by atomic mass is 10.0. The molecule has 2 unspecified atom stereocenters. The van der Waals surface area contributed by atoms with Crippen molar-refractivity contribution >= 4 is 17.8 Å². The fraction of sp³-hybridized carbons (Fsp3) is 0.400. The Kier molecular flexibility index (Phi) is 5.04. The summed E-state index contributed by atoms with van der Waals surface area (Å²) >= 11 is 0. The van der Waals surface area contributed by atoms with Gasteiger partial charge in [-0.3, -0.25) is 4.79 Å². The Hall–Kier alpha value is -2.40. The summed E-state index contributed by atoms with van der Waals surface area (Å²) in [6.45, 7) is 5.58. The average Bonchev–Trinajstić information content (AvgIpc) is 2.60. The van der Waals surface area contributed by atoms with Crippen molar-refractivity contribution < 1.29 is 9.53 Å². The van der Waals surface area contributed by atoms with Crippen LogP contribution in [0.1, 0.15) is 24.2 Å². The maximum atomic E-state index is 11.7. The quantitative estimate of drug-likeness (QED) is 0.800. The molecule has 0 spiro atoms. The van der Waals surface area contributed by atoms with E-state index in [1.165, 1.54) is 0 Å². The van der Waals surface area contributed by atoms with Crippen LogP contribution in [-0.2, 0) is 4.74 Å². The molecule has 0 N–H and O–H groups in total. The highest BCUT2D eigenvalue weighted by Crippen LogP contribution is 2.27. The molecule has 1 saturated heterocycles. The Morgan fingerprint density at radius 3 is 2.32 bits per heavy atom. The van der Waals surface area contributed by atoms with Gasteiger partial charge in [-0.15, -0.1) is 0 Å². The van der Waals surface area contributed by atoms with Crippen LogP contribution in [0.25, 0.3) is 11.1 Å². The number of carbonyl (C=O) groups excluding carboxylic acids is 1. The lowest BCUT2D eigenvalue weighted by Crippen LogP contribution is -2.46. The van der Waals surface area contributed by atoms with Crippen LogP contribution in [0, 0.1) is 0 Å². The second kappa shape index (κ2) is 7.23. The highest BCUT2D eigenvalue weighted by Gasteiger charge is 2.25. The second-order valence-corrected chi connectivity index (χ2v) is 6.86. The summed E-state index contributed by atoms with van der Waals surface area (Å²) in [5.74, 6) is 0.741. The first-order valence-electron chi connectivity index (χ1n) is 8.61. The van der Waals surface area contributed by atoms with E-state index < -0.39 is 0 Å². The van der Waals surface area contributed by atoms with Gasteiger partial charge in [0.2, 0.25) is 0 Å². The molecule has 2 atom stereocenters. The Morgan fingerprint density at radius 2 is 1.76 bits per heavy atom. The average molecular weight is 339 g/mol. The van der Waals surface area contributed by atoms with Crippen molar-refractivity contribution in [2.75, 3.05) is 37.0 Å². The van der Waals surface area contributed by atoms with Gasteiger partial charge in [0.05, 0.1) is 17.8 Å². The number of benzene rings is 1. The third-order valence-electron chi connectivity index (χ3n) is 4.46. The van der Waals surface area contributed by atoms with Crippen molar-refractivity contribution in [1.29, 1.82) is 0 Å².